The fourth-order valence-electron chi connectivity index (χ4n) is 6.30. The minimum absolute atomic E-state index is 0.135. The maximum Gasteiger partial charge on any atom is 0.306 e. The van der Waals surface area contributed by atoms with Crippen molar-refractivity contribution in [3.63, 3.8) is 0 Å². The van der Waals surface area contributed by atoms with Gasteiger partial charge < -0.3 is 14.2 Å². The van der Waals surface area contributed by atoms with Crippen LogP contribution in [0.15, 0.2) is 122 Å². The van der Waals surface area contributed by atoms with Crippen LogP contribution in [0.3, 0.4) is 0 Å². The molecule has 1 unspecified atom stereocenters. The Morgan fingerprint density at radius 1 is 0.349 bits per heavy atom. The van der Waals surface area contributed by atoms with Crippen molar-refractivity contribution >= 4 is 17.9 Å². The summed E-state index contributed by atoms with van der Waals surface area (Å²) in [7, 11) is 0. The maximum absolute atomic E-state index is 12.8. The molecule has 0 saturated heterocycles. The molecular weight excluding hydrogens is 781 g/mol. The van der Waals surface area contributed by atoms with E-state index in [1.54, 1.807) is 0 Å². The van der Waals surface area contributed by atoms with Crippen LogP contribution in [0.5, 0.6) is 0 Å². The third kappa shape index (κ3) is 48.7. The van der Waals surface area contributed by atoms with Gasteiger partial charge >= 0.3 is 17.9 Å². The average Bonchev–Trinajstić information content (AvgIpc) is 3.28. The lowest BCUT2D eigenvalue weighted by atomic mass is 10.1. The fraction of sp³-hybridized carbons (Fsp3) is 0.596. The van der Waals surface area contributed by atoms with Crippen molar-refractivity contribution in [2.24, 2.45) is 0 Å². The van der Waals surface area contributed by atoms with Crippen molar-refractivity contribution in [2.45, 2.75) is 207 Å². The Labute approximate surface area is 386 Å². The number of allylic oxidation sites excluding steroid dienone is 20. The molecule has 0 aliphatic heterocycles. The summed E-state index contributed by atoms with van der Waals surface area (Å²) >= 11 is 0. The zero-order valence-corrected chi connectivity index (χ0v) is 40.3. The molecule has 0 aromatic heterocycles. The molecule has 0 fully saturated rings. The van der Waals surface area contributed by atoms with Crippen molar-refractivity contribution in [1.29, 1.82) is 0 Å². The van der Waals surface area contributed by atoms with Crippen molar-refractivity contribution in [3.8, 4) is 0 Å². The minimum atomic E-state index is -0.836. The van der Waals surface area contributed by atoms with Gasteiger partial charge in [-0.3, -0.25) is 14.4 Å². The summed E-state index contributed by atoms with van der Waals surface area (Å²) in [5.74, 6) is -1.08. The summed E-state index contributed by atoms with van der Waals surface area (Å²) in [6.07, 6.45) is 69.1. The Bertz CT molecular complexity index is 1370. The Kier molecular flexibility index (Phi) is 47.1. The van der Waals surface area contributed by atoms with Crippen molar-refractivity contribution in [3.05, 3.63) is 122 Å². The first-order valence-electron chi connectivity index (χ1n) is 25.1. The highest BCUT2D eigenvalue weighted by Gasteiger charge is 2.19. The number of carbonyl (C=O) groups is 3. The quantitative estimate of drug-likeness (QED) is 0.0200. The second-order valence-corrected chi connectivity index (χ2v) is 16.1. The summed E-state index contributed by atoms with van der Waals surface area (Å²) in [6, 6.07) is 0. The lowest BCUT2D eigenvalue weighted by molar-refractivity contribution is -0.167. The maximum atomic E-state index is 12.8. The Balaban J connectivity index is 4.60. The van der Waals surface area contributed by atoms with Crippen LogP contribution >= 0.6 is 0 Å². The molecule has 0 saturated carbocycles. The zero-order valence-electron chi connectivity index (χ0n) is 40.3. The number of ether oxygens (including phenoxy) is 3. The SMILES string of the molecule is CC/C=C/C=C/C=C/C=C/C=C/CCCC(=O)OCC(COC(=O)CCC/C=C/C/C=C/C/C=C/CCCCCCCC)OC(=O)CCCCCCCC/C=C/C=C/CCCCC. The predicted molar refractivity (Wildman–Crippen MR) is 269 cm³/mol. The van der Waals surface area contributed by atoms with Gasteiger partial charge in [0.2, 0.25) is 0 Å². The van der Waals surface area contributed by atoms with Gasteiger partial charge in [-0.2, -0.15) is 0 Å². The largest absolute Gasteiger partial charge is 0.462 e. The molecule has 0 spiro atoms. The van der Waals surface area contributed by atoms with Crippen LogP contribution in [0.2, 0.25) is 0 Å². The number of hydrogen-bond donors (Lipinski definition) is 0. The number of esters is 3. The van der Waals surface area contributed by atoms with Crippen LogP contribution in [-0.4, -0.2) is 37.2 Å². The van der Waals surface area contributed by atoms with Gasteiger partial charge in [0.05, 0.1) is 0 Å². The normalized spacial score (nSPS) is 13.1. The first-order chi connectivity index (χ1) is 31.0. The average molecular weight is 871 g/mol. The topological polar surface area (TPSA) is 78.9 Å². The smallest absolute Gasteiger partial charge is 0.306 e. The lowest BCUT2D eigenvalue weighted by Gasteiger charge is -2.18. The zero-order chi connectivity index (χ0) is 45.8. The fourth-order valence-corrected chi connectivity index (χ4v) is 6.30. The second-order valence-electron chi connectivity index (χ2n) is 16.1. The van der Waals surface area contributed by atoms with Gasteiger partial charge in [-0.15, -0.1) is 0 Å². The van der Waals surface area contributed by atoms with Gasteiger partial charge in [-0.25, -0.2) is 0 Å². The standard InChI is InChI=1S/C57H90O6/c1-4-7-10-13-16-19-22-25-27-28-30-32-35-38-41-44-47-50-56(59)62-53-54(52-61-55(58)49-46-43-40-37-34-31-24-21-18-15-12-9-6-3)63-57(60)51-48-45-42-39-36-33-29-26-23-20-17-14-11-8-5-2/h9,12,15,17-18,20-21,23-27,30-32,34,37-38,40-41,54H,4-8,10-11,13-14,16,19,22,28-29,33,35-36,39,42-53H2,1-3H3/b12-9+,18-15+,20-17+,24-21+,26-23+,27-25+,32-30+,34-31+,40-37+,41-38+. The molecule has 6 heteroatoms. The molecule has 0 amide bonds. The molecule has 0 aromatic rings. The molecule has 0 bridgehead atoms. The summed E-state index contributed by atoms with van der Waals surface area (Å²) in [5, 5.41) is 0. The van der Waals surface area contributed by atoms with Crippen molar-refractivity contribution in [2.75, 3.05) is 13.2 Å². The first-order valence-corrected chi connectivity index (χ1v) is 25.1. The summed E-state index contributed by atoms with van der Waals surface area (Å²) in [6.45, 7) is 6.31. The molecule has 0 aliphatic rings. The lowest BCUT2D eigenvalue weighted by Crippen LogP contribution is -2.30. The molecule has 0 aromatic carbocycles. The number of unbranched alkanes of at least 4 members (excludes halogenated alkanes) is 17. The van der Waals surface area contributed by atoms with Crippen LogP contribution in [0.1, 0.15) is 201 Å². The van der Waals surface area contributed by atoms with Crippen LogP contribution < -0.4 is 0 Å². The van der Waals surface area contributed by atoms with E-state index in [4.69, 9.17) is 14.2 Å². The van der Waals surface area contributed by atoms with Gasteiger partial charge in [-0.05, 0) is 89.9 Å². The highest BCUT2D eigenvalue weighted by Crippen LogP contribution is 2.12. The molecule has 0 rings (SSSR count). The molecule has 0 heterocycles. The van der Waals surface area contributed by atoms with E-state index >= 15 is 0 Å². The van der Waals surface area contributed by atoms with Crippen LogP contribution in [0, 0.1) is 0 Å². The van der Waals surface area contributed by atoms with E-state index in [2.05, 4.69) is 87.6 Å². The second kappa shape index (κ2) is 50.5. The van der Waals surface area contributed by atoms with Crippen LogP contribution in [-0.2, 0) is 28.6 Å². The van der Waals surface area contributed by atoms with E-state index in [0.717, 1.165) is 70.6 Å². The third-order valence-corrected chi connectivity index (χ3v) is 10.1. The molecule has 354 valence electrons. The Morgan fingerprint density at radius 2 is 0.698 bits per heavy atom. The molecule has 0 N–H and O–H groups in total. The summed E-state index contributed by atoms with van der Waals surface area (Å²) in [5.41, 5.74) is 0. The van der Waals surface area contributed by atoms with Crippen molar-refractivity contribution in [1.82, 2.24) is 0 Å². The van der Waals surface area contributed by atoms with E-state index in [0.29, 0.717) is 12.8 Å². The summed E-state index contributed by atoms with van der Waals surface area (Å²) in [4.78, 5) is 37.9. The minimum Gasteiger partial charge on any atom is -0.462 e. The Morgan fingerprint density at radius 3 is 1.22 bits per heavy atom. The van der Waals surface area contributed by atoms with E-state index in [1.165, 1.54) is 77.0 Å². The van der Waals surface area contributed by atoms with Crippen LogP contribution in [0.25, 0.3) is 0 Å². The van der Waals surface area contributed by atoms with Gasteiger partial charge in [0.1, 0.15) is 13.2 Å². The van der Waals surface area contributed by atoms with Gasteiger partial charge in [0.25, 0.3) is 0 Å². The first kappa shape index (κ1) is 58.8. The van der Waals surface area contributed by atoms with Crippen molar-refractivity contribution < 1.29 is 28.6 Å². The monoisotopic (exact) mass is 871 g/mol. The van der Waals surface area contributed by atoms with Gasteiger partial charge in [0, 0.05) is 19.3 Å². The van der Waals surface area contributed by atoms with Gasteiger partial charge in [-0.1, -0.05) is 213 Å². The van der Waals surface area contributed by atoms with E-state index in [1.807, 2.05) is 54.7 Å². The highest BCUT2D eigenvalue weighted by atomic mass is 16.6. The highest BCUT2D eigenvalue weighted by molar-refractivity contribution is 5.71. The van der Waals surface area contributed by atoms with E-state index < -0.39 is 6.10 Å². The van der Waals surface area contributed by atoms with E-state index in [-0.39, 0.29) is 50.4 Å². The molecular formula is C57H90O6. The molecule has 0 aliphatic carbocycles. The molecule has 63 heavy (non-hydrogen) atoms. The van der Waals surface area contributed by atoms with Gasteiger partial charge in [0.15, 0.2) is 6.10 Å². The number of rotatable bonds is 43. The number of hydrogen-bond acceptors (Lipinski definition) is 6. The van der Waals surface area contributed by atoms with E-state index in [9.17, 15) is 14.4 Å². The third-order valence-electron chi connectivity index (χ3n) is 10.1. The predicted octanol–water partition coefficient (Wildman–Crippen LogP) is 16.5. The Hall–Kier alpha value is -4.19. The number of carbonyl (C=O) groups excluding carboxylic acids is 3. The molecule has 1 atom stereocenters. The molecule has 6 nitrogen and oxygen atoms in total. The molecule has 0 radical (unpaired) electrons. The van der Waals surface area contributed by atoms with Crippen LogP contribution in [0.4, 0.5) is 0 Å². The summed E-state index contributed by atoms with van der Waals surface area (Å²) < 4.78 is 16.6.